The van der Waals surface area contributed by atoms with Gasteiger partial charge in [0, 0.05) is 0 Å². The van der Waals surface area contributed by atoms with Gasteiger partial charge < -0.3 is 14.6 Å². The number of aliphatic hydroxyl groups excluding tert-OH is 1. The van der Waals surface area contributed by atoms with Crippen molar-refractivity contribution in [3.8, 4) is 17.2 Å². The SMILES string of the molecule is COc1cccc(Oc2ccc(F)cc2Cl)c1[C@H](C)O. The first kappa shape index (κ1) is 14.6. The lowest BCUT2D eigenvalue weighted by Gasteiger charge is -2.17. The van der Waals surface area contributed by atoms with Gasteiger partial charge in [0.15, 0.2) is 0 Å². The molecule has 0 radical (unpaired) electrons. The number of hydrogen-bond donors (Lipinski definition) is 1. The van der Waals surface area contributed by atoms with Crippen LogP contribution in [0.3, 0.4) is 0 Å². The first-order valence-corrected chi connectivity index (χ1v) is 6.38. The second kappa shape index (κ2) is 6.11. The average Bonchev–Trinajstić information content (AvgIpc) is 2.41. The van der Waals surface area contributed by atoms with Crippen LogP contribution in [-0.2, 0) is 0 Å². The minimum absolute atomic E-state index is 0.157. The molecule has 0 unspecified atom stereocenters. The van der Waals surface area contributed by atoms with Gasteiger partial charge in [-0.05, 0) is 37.3 Å². The molecule has 2 aromatic carbocycles. The van der Waals surface area contributed by atoms with Gasteiger partial charge in [0.2, 0.25) is 0 Å². The van der Waals surface area contributed by atoms with Crippen LogP contribution in [0.5, 0.6) is 17.2 Å². The van der Waals surface area contributed by atoms with Gasteiger partial charge in [-0.1, -0.05) is 17.7 Å². The van der Waals surface area contributed by atoms with E-state index in [1.807, 2.05) is 0 Å². The van der Waals surface area contributed by atoms with Gasteiger partial charge in [0.25, 0.3) is 0 Å². The Balaban J connectivity index is 2.43. The molecular weight excluding hydrogens is 283 g/mol. The minimum atomic E-state index is -0.777. The summed E-state index contributed by atoms with van der Waals surface area (Å²) in [5.74, 6) is 0.788. The molecule has 0 heterocycles. The molecule has 1 atom stereocenters. The van der Waals surface area contributed by atoms with Crippen LogP contribution >= 0.6 is 11.6 Å². The minimum Gasteiger partial charge on any atom is -0.496 e. The van der Waals surface area contributed by atoms with E-state index in [1.54, 1.807) is 25.1 Å². The average molecular weight is 297 g/mol. The molecule has 0 aliphatic rings. The normalized spacial score (nSPS) is 12.1. The zero-order valence-electron chi connectivity index (χ0n) is 11.1. The predicted molar refractivity (Wildman–Crippen MR) is 75.1 cm³/mol. The van der Waals surface area contributed by atoms with Crippen molar-refractivity contribution >= 4 is 11.6 Å². The lowest BCUT2D eigenvalue weighted by atomic mass is 10.1. The van der Waals surface area contributed by atoms with Crippen LogP contribution in [0.1, 0.15) is 18.6 Å². The van der Waals surface area contributed by atoms with E-state index in [0.29, 0.717) is 22.8 Å². The van der Waals surface area contributed by atoms with Gasteiger partial charge in [0.05, 0.1) is 23.8 Å². The molecule has 5 heteroatoms. The van der Waals surface area contributed by atoms with Gasteiger partial charge in [-0.3, -0.25) is 0 Å². The van der Waals surface area contributed by atoms with Crippen LogP contribution < -0.4 is 9.47 Å². The molecule has 0 spiro atoms. The molecule has 2 rings (SSSR count). The fourth-order valence-electron chi connectivity index (χ4n) is 1.88. The molecule has 0 aliphatic carbocycles. The molecule has 106 valence electrons. The zero-order chi connectivity index (χ0) is 14.7. The summed E-state index contributed by atoms with van der Waals surface area (Å²) < 4.78 is 23.9. The number of halogens is 2. The van der Waals surface area contributed by atoms with Crippen LogP contribution in [0, 0.1) is 5.82 Å². The highest BCUT2D eigenvalue weighted by Gasteiger charge is 2.16. The zero-order valence-corrected chi connectivity index (χ0v) is 11.8. The quantitative estimate of drug-likeness (QED) is 0.912. The van der Waals surface area contributed by atoms with Crippen molar-refractivity contribution in [2.45, 2.75) is 13.0 Å². The van der Waals surface area contributed by atoms with Crippen molar-refractivity contribution in [1.82, 2.24) is 0 Å². The summed E-state index contributed by atoms with van der Waals surface area (Å²) in [6, 6.07) is 8.99. The van der Waals surface area contributed by atoms with Crippen molar-refractivity contribution < 1.29 is 19.0 Å². The number of benzene rings is 2. The maximum absolute atomic E-state index is 13.0. The standard InChI is InChI=1S/C15H14ClFO3/c1-9(18)15-13(19-2)4-3-5-14(15)20-12-7-6-10(17)8-11(12)16/h3-9,18H,1-2H3/t9-/m0/s1. The third-order valence-corrected chi connectivity index (χ3v) is 3.07. The fraction of sp³-hybridized carbons (Fsp3) is 0.200. The molecule has 0 amide bonds. The fourth-order valence-corrected chi connectivity index (χ4v) is 2.08. The number of rotatable bonds is 4. The topological polar surface area (TPSA) is 38.7 Å². The highest BCUT2D eigenvalue weighted by molar-refractivity contribution is 6.32. The monoisotopic (exact) mass is 296 g/mol. The highest BCUT2D eigenvalue weighted by Crippen LogP contribution is 2.38. The van der Waals surface area contributed by atoms with Crippen molar-refractivity contribution in [2.24, 2.45) is 0 Å². The van der Waals surface area contributed by atoms with Gasteiger partial charge >= 0.3 is 0 Å². The molecule has 2 aromatic rings. The molecule has 20 heavy (non-hydrogen) atoms. The van der Waals surface area contributed by atoms with Crippen LogP contribution in [0.4, 0.5) is 4.39 Å². The highest BCUT2D eigenvalue weighted by atomic mass is 35.5. The van der Waals surface area contributed by atoms with E-state index in [9.17, 15) is 9.50 Å². The first-order chi connectivity index (χ1) is 9.52. The summed E-state index contributed by atoms with van der Waals surface area (Å²) >= 11 is 5.93. The lowest BCUT2D eigenvalue weighted by molar-refractivity contribution is 0.190. The third-order valence-electron chi connectivity index (χ3n) is 2.78. The molecule has 0 bridgehead atoms. The van der Waals surface area contributed by atoms with Crippen LogP contribution in [0.25, 0.3) is 0 Å². The second-order valence-corrected chi connectivity index (χ2v) is 4.63. The number of methoxy groups -OCH3 is 1. The Morgan fingerprint density at radius 2 is 1.85 bits per heavy atom. The van der Waals surface area contributed by atoms with E-state index in [0.717, 1.165) is 0 Å². The van der Waals surface area contributed by atoms with Gasteiger partial charge in [0.1, 0.15) is 23.1 Å². The molecular formula is C15H14ClFO3. The molecule has 1 N–H and O–H groups in total. The maximum atomic E-state index is 13.0. The van der Waals surface area contributed by atoms with E-state index in [-0.39, 0.29) is 5.02 Å². The molecule has 0 saturated carbocycles. The third kappa shape index (κ3) is 3.03. The van der Waals surface area contributed by atoms with Crippen LogP contribution in [0.2, 0.25) is 5.02 Å². The lowest BCUT2D eigenvalue weighted by Crippen LogP contribution is -2.00. The van der Waals surface area contributed by atoms with Crippen molar-refractivity contribution in [2.75, 3.05) is 7.11 Å². The number of ether oxygens (including phenoxy) is 2. The van der Waals surface area contributed by atoms with Crippen molar-refractivity contribution in [1.29, 1.82) is 0 Å². The molecule has 0 aromatic heterocycles. The predicted octanol–water partition coefficient (Wildman–Crippen LogP) is 4.33. The summed E-state index contributed by atoms with van der Waals surface area (Å²) in [4.78, 5) is 0. The van der Waals surface area contributed by atoms with E-state index in [4.69, 9.17) is 21.1 Å². The summed E-state index contributed by atoms with van der Waals surface area (Å²) in [7, 11) is 1.51. The molecule has 0 aliphatic heterocycles. The van der Waals surface area contributed by atoms with E-state index in [1.165, 1.54) is 25.3 Å². The van der Waals surface area contributed by atoms with E-state index >= 15 is 0 Å². The largest absolute Gasteiger partial charge is 0.496 e. The summed E-state index contributed by atoms with van der Waals surface area (Å²) in [6.45, 7) is 1.61. The van der Waals surface area contributed by atoms with Crippen molar-refractivity contribution in [3.05, 3.63) is 52.8 Å². The summed E-state index contributed by atoms with van der Waals surface area (Å²) in [5, 5.41) is 10.0. The number of hydrogen-bond acceptors (Lipinski definition) is 3. The van der Waals surface area contributed by atoms with Crippen LogP contribution in [0.15, 0.2) is 36.4 Å². The van der Waals surface area contributed by atoms with Crippen LogP contribution in [-0.4, -0.2) is 12.2 Å². The first-order valence-electron chi connectivity index (χ1n) is 6.00. The van der Waals surface area contributed by atoms with Gasteiger partial charge in [-0.25, -0.2) is 4.39 Å². The Morgan fingerprint density at radius 3 is 2.45 bits per heavy atom. The summed E-state index contributed by atoms with van der Waals surface area (Å²) in [6.07, 6.45) is -0.777. The van der Waals surface area contributed by atoms with Crippen molar-refractivity contribution in [3.63, 3.8) is 0 Å². The van der Waals surface area contributed by atoms with Gasteiger partial charge in [-0.15, -0.1) is 0 Å². The maximum Gasteiger partial charge on any atom is 0.146 e. The Kier molecular flexibility index (Phi) is 4.47. The molecule has 0 saturated heterocycles. The smallest absolute Gasteiger partial charge is 0.146 e. The second-order valence-electron chi connectivity index (χ2n) is 4.22. The molecule has 0 fully saturated rings. The van der Waals surface area contributed by atoms with E-state index in [2.05, 4.69) is 0 Å². The Bertz CT molecular complexity index is 614. The van der Waals surface area contributed by atoms with Gasteiger partial charge in [-0.2, -0.15) is 0 Å². The van der Waals surface area contributed by atoms with E-state index < -0.39 is 11.9 Å². The molecule has 3 nitrogen and oxygen atoms in total. The Morgan fingerprint density at radius 1 is 1.15 bits per heavy atom. The summed E-state index contributed by atoms with van der Waals surface area (Å²) in [5.41, 5.74) is 0.510. The Labute approximate surface area is 121 Å². The number of aliphatic hydroxyl groups is 1. The Hall–Kier alpha value is -1.78.